The van der Waals surface area contributed by atoms with E-state index in [0.29, 0.717) is 0 Å². The molecule has 0 aliphatic carbocycles. The third-order valence-corrected chi connectivity index (χ3v) is 9.81. The maximum absolute atomic E-state index is 3.49. The first-order valence-electron chi connectivity index (χ1n) is 10.9. The topological polar surface area (TPSA) is 12.0 Å². The molecule has 0 bridgehead atoms. The zero-order valence-corrected chi connectivity index (χ0v) is 20.3. The third-order valence-electron chi connectivity index (χ3n) is 6.33. The highest BCUT2D eigenvalue weighted by atomic mass is 28.3. The van der Waals surface area contributed by atoms with Gasteiger partial charge >= 0.3 is 12.0 Å². The average molecular weight is 437 g/mol. The quantitative estimate of drug-likeness (QED) is 0.432. The number of benzene rings is 3. The van der Waals surface area contributed by atoms with Crippen LogP contribution in [0.3, 0.4) is 0 Å². The van der Waals surface area contributed by atoms with Gasteiger partial charge in [0.15, 0.2) is 14.1 Å². The summed E-state index contributed by atoms with van der Waals surface area (Å²) in [5, 5.41) is 2.82. The monoisotopic (exact) mass is 436 g/mol. The van der Waals surface area contributed by atoms with E-state index in [2.05, 4.69) is 120 Å². The van der Waals surface area contributed by atoms with E-state index in [9.17, 15) is 0 Å². The van der Waals surface area contributed by atoms with Gasteiger partial charge in [-0.1, -0.05) is 57.2 Å². The van der Waals surface area contributed by atoms with E-state index in [1.807, 2.05) is 24.0 Å². The number of para-hydroxylation sites is 2. The molecule has 156 valence electrons. The van der Waals surface area contributed by atoms with Crippen molar-refractivity contribution in [2.45, 2.75) is 20.0 Å². The summed E-state index contributed by atoms with van der Waals surface area (Å²) in [7, 11) is 2.11. The Morgan fingerprint density at radius 1 is 0.719 bits per heavy atom. The molecule has 3 aromatic rings. The van der Waals surface area contributed by atoms with E-state index >= 15 is 0 Å². The van der Waals surface area contributed by atoms with Crippen molar-refractivity contribution in [2.24, 2.45) is 0 Å². The molecule has 2 heterocycles. The summed E-state index contributed by atoms with van der Waals surface area (Å²) < 4.78 is 8.25. The Labute approximate surface area is 190 Å². The second kappa shape index (κ2) is 7.51. The summed E-state index contributed by atoms with van der Waals surface area (Å²) >= 11 is 0. The predicted octanol–water partition coefficient (Wildman–Crippen LogP) is 4.06. The molecule has 0 atom stereocenters. The maximum Gasteiger partial charge on any atom is 0.496 e. The lowest BCUT2D eigenvalue weighted by Crippen LogP contribution is -2.53. The Morgan fingerprint density at radius 2 is 1.47 bits per heavy atom. The maximum atomic E-state index is 3.49. The van der Waals surface area contributed by atoms with Gasteiger partial charge in [0, 0.05) is 36.4 Å². The minimum Gasteiger partial charge on any atom is -0.0968 e. The van der Waals surface area contributed by atoms with E-state index in [-0.39, 0.29) is 0 Å². The summed E-state index contributed by atoms with van der Waals surface area (Å²) in [4.78, 5) is 0. The fourth-order valence-electron chi connectivity index (χ4n) is 4.40. The second-order valence-corrected chi connectivity index (χ2v) is 13.5. The van der Waals surface area contributed by atoms with Gasteiger partial charge in [-0.25, -0.2) is 0 Å². The van der Waals surface area contributed by atoms with E-state index in [0.717, 1.165) is 5.69 Å². The van der Waals surface area contributed by atoms with Crippen molar-refractivity contribution < 1.29 is 13.7 Å². The van der Waals surface area contributed by atoms with Crippen molar-refractivity contribution in [2.75, 3.05) is 14.1 Å². The standard InChI is InChI=1S/C27H28N4Si/c1-21-15-23(31-20-29(3)26-11-6-7-12-27(26)31)18-25(16-21)32(4,5)24-10-8-9-22(17-24)30-14-13-28(2)19-30/h6-18H,1-5H3/q+4. The molecule has 5 heteroatoms. The first-order chi connectivity index (χ1) is 15.3. The van der Waals surface area contributed by atoms with Crippen molar-refractivity contribution in [3.05, 3.63) is 84.7 Å². The van der Waals surface area contributed by atoms with Crippen LogP contribution in [0.2, 0.25) is 13.1 Å². The highest BCUT2D eigenvalue weighted by Crippen LogP contribution is 2.32. The molecule has 5 rings (SSSR count). The Bertz CT molecular complexity index is 1450. The van der Waals surface area contributed by atoms with Crippen LogP contribution in [0.15, 0.2) is 79.1 Å². The molecule has 0 unspecified atom stereocenters. The number of nitrogens with zero attached hydrogens (tertiary/aromatic N) is 4. The fourth-order valence-corrected chi connectivity index (χ4v) is 6.85. The highest BCUT2D eigenvalue weighted by molar-refractivity contribution is 7.00. The van der Waals surface area contributed by atoms with Crippen LogP contribution in [-0.4, -0.2) is 47.9 Å². The Kier molecular flexibility index (Phi) is 4.76. The number of rotatable bonds is 4. The molecule has 0 aromatic heterocycles. The molecule has 0 saturated carbocycles. The van der Waals surface area contributed by atoms with Crippen molar-refractivity contribution in [1.29, 1.82) is 0 Å². The van der Waals surface area contributed by atoms with Crippen LogP contribution in [0.25, 0.3) is 0 Å². The van der Waals surface area contributed by atoms with Gasteiger partial charge in [-0.15, -0.1) is 0 Å². The second-order valence-electron chi connectivity index (χ2n) is 9.09. The first-order valence-corrected chi connectivity index (χ1v) is 13.9. The summed E-state index contributed by atoms with van der Waals surface area (Å²) in [6, 6.07) is 31.1. The SMILES string of the molecule is Cc1cc([N+]2=C=[N+](C)c3ccccc32)cc([Si](C)(C)c2cccc([N+]3=C=[N+](C)C=C3)c2)c1. The average Bonchev–Trinajstić information content (AvgIpc) is 3.37. The zero-order chi connectivity index (χ0) is 22.5. The zero-order valence-electron chi connectivity index (χ0n) is 19.3. The number of hydrogen-bond donors (Lipinski definition) is 0. The van der Waals surface area contributed by atoms with Gasteiger partial charge in [0.05, 0.1) is 0 Å². The Hall–Kier alpha value is -3.62. The molecule has 3 aromatic carbocycles. The smallest absolute Gasteiger partial charge is 0.0968 e. The lowest BCUT2D eigenvalue weighted by molar-refractivity contribution is -0.429. The normalized spacial score (nSPS) is 14.7. The molecule has 0 radical (unpaired) electrons. The van der Waals surface area contributed by atoms with Crippen LogP contribution in [0.1, 0.15) is 5.56 Å². The lowest BCUT2D eigenvalue weighted by atomic mass is 10.2. The van der Waals surface area contributed by atoms with Crippen LogP contribution >= 0.6 is 0 Å². The molecule has 2 aliphatic heterocycles. The molecule has 0 saturated heterocycles. The van der Waals surface area contributed by atoms with Gasteiger partial charge < -0.3 is 0 Å². The van der Waals surface area contributed by atoms with Crippen molar-refractivity contribution in [3.63, 3.8) is 0 Å². The summed E-state index contributed by atoms with van der Waals surface area (Å²) in [6.45, 7) is 7.05. The summed E-state index contributed by atoms with van der Waals surface area (Å²) in [5.74, 6) is 0. The van der Waals surface area contributed by atoms with E-state index in [4.69, 9.17) is 0 Å². The Balaban J connectivity index is 1.60. The fraction of sp³-hybridized carbons (Fsp3) is 0.185. The number of aryl methyl sites for hydroxylation is 1. The third kappa shape index (κ3) is 3.43. The van der Waals surface area contributed by atoms with Crippen LogP contribution < -0.4 is 14.9 Å². The summed E-state index contributed by atoms with van der Waals surface area (Å²) in [5.41, 5.74) is 5.93. The predicted molar refractivity (Wildman–Crippen MR) is 133 cm³/mol. The van der Waals surface area contributed by atoms with E-state index in [1.54, 1.807) is 0 Å². The van der Waals surface area contributed by atoms with Gasteiger partial charge in [0.2, 0.25) is 17.6 Å². The van der Waals surface area contributed by atoms with Crippen LogP contribution in [-0.2, 0) is 0 Å². The van der Waals surface area contributed by atoms with E-state index < -0.39 is 8.07 Å². The largest absolute Gasteiger partial charge is 0.496 e. The van der Waals surface area contributed by atoms with Gasteiger partial charge in [-0.05, 0) is 27.4 Å². The van der Waals surface area contributed by atoms with Gasteiger partial charge in [-0.2, -0.15) is 0 Å². The van der Waals surface area contributed by atoms with Crippen LogP contribution in [0, 0.1) is 6.92 Å². The van der Waals surface area contributed by atoms with Crippen molar-refractivity contribution >= 4 is 53.2 Å². The summed E-state index contributed by atoms with van der Waals surface area (Å²) in [6.07, 6.45) is 4.06. The number of hydrogen-bond acceptors (Lipinski definition) is 0. The highest BCUT2D eigenvalue weighted by Gasteiger charge is 2.34. The molecule has 0 N–H and O–H groups in total. The lowest BCUT2D eigenvalue weighted by Gasteiger charge is -2.24. The minimum atomic E-state index is -1.94. The molecular weight excluding hydrogens is 408 g/mol. The number of fused-ring (bicyclic) bond motifs is 1. The van der Waals surface area contributed by atoms with Gasteiger partial charge in [0.25, 0.3) is 17.6 Å². The Morgan fingerprint density at radius 3 is 2.22 bits per heavy atom. The molecule has 0 spiro atoms. The van der Waals surface area contributed by atoms with Crippen molar-refractivity contribution in [1.82, 2.24) is 4.58 Å². The molecule has 0 fully saturated rings. The molecule has 32 heavy (non-hydrogen) atoms. The molecule has 0 amide bonds. The van der Waals surface area contributed by atoms with Crippen LogP contribution in [0.4, 0.5) is 22.7 Å². The van der Waals surface area contributed by atoms with E-state index in [1.165, 1.54) is 33.0 Å². The van der Waals surface area contributed by atoms with Crippen molar-refractivity contribution in [3.8, 4) is 0 Å². The van der Waals surface area contributed by atoms with Gasteiger partial charge in [-0.3, -0.25) is 0 Å². The first kappa shape index (κ1) is 20.3. The molecule has 2 aliphatic rings. The van der Waals surface area contributed by atoms with Crippen LogP contribution in [0.5, 0.6) is 0 Å². The minimum absolute atomic E-state index is 1.15. The molecular formula is C27H28N4Si+4. The molecule has 4 nitrogen and oxygen atoms in total. The van der Waals surface area contributed by atoms with Gasteiger partial charge in [0.1, 0.15) is 8.07 Å².